The first-order chi connectivity index (χ1) is 8.68. The first-order valence-corrected chi connectivity index (χ1v) is 6.92. The third kappa shape index (κ3) is 3.22. The second-order valence-corrected chi connectivity index (χ2v) is 5.38. The molecule has 3 atom stereocenters. The Morgan fingerprint density at radius 1 is 1.17 bits per heavy atom. The number of rotatable bonds is 4. The van der Waals surface area contributed by atoms with Gasteiger partial charge in [0.1, 0.15) is 0 Å². The van der Waals surface area contributed by atoms with Crippen LogP contribution >= 0.6 is 0 Å². The normalized spacial score (nSPS) is 32.1. The van der Waals surface area contributed by atoms with Crippen LogP contribution in [0.1, 0.15) is 38.5 Å². The van der Waals surface area contributed by atoms with Crippen molar-refractivity contribution in [1.82, 2.24) is 10.6 Å². The number of aliphatic carboxylic acids is 1. The lowest BCUT2D eigenvalue weighted by Gasteiger charge is -2.24. The minimum atomic E-state index is -0.720. The Morgan fingerprint density at radius 3 is 2.67 bits per heavy atom. The van der Waals surface area contributed by atoms with Crippen LogP contribution in [-0.4, -0.2) is 36.1 Å². The molecule has 2 unspecified atom stereocenters. The van der Waals surface area contributed by atoms with Gasteiger partial charge < -0.3 is 15.7 Å². The predicted octanol–water partition coefficient (Wildman–Crippen LogP) is 0.746. The van der Waals surface area contributed by atoms with Crippen molar-refractivity contribution in [3.8, 4) is 0 Å². The van der Waals surface area contributed by atoms with Crippen LogP contribution in [0.2, 0.25) is 0 Å². The molecule has 1 heterocycles. The summed E-state index contributed by atoms with van der Waals surface area (Å²) in [4.78, 5) is 22.9. The third-order valence-corrected chi connectivity index (χ3v) is 4.14. The van der Waals surface area contributed by atoms with E-state index in [1.165, 1.54) is 0 Å². The number of piperidine rings is 1. The molecule has 0 aromatic heterocycles. The van der Waals surface area contributed by atoms with Crippen molar-refractivity contribution in [1.29, 1.82) is 0 Å². The van der Waals surface area contributed by atoms with E-state index in [0.717, 1.165) is 45.1 Å². The first kappa shape index (κ1) is 13.3. The predicted molar refractivity (Wildman–Crippen MR) is 67.1 cm³/mol. The van der Waals surface area contributed by atoms with Gasteiger partial charge in [0.25, 0.3) is 0 Å². The molecule has 0 aromatic carbocycles. The SMILES string of the molecule is O=C(O)C1CCCC1CNC(=O)[C@H]1CCCCN1. The zero-order chi connectivity index (χ0) is 13.0. The highest BCUT2D eigenvalue weighted by molar-refractivity contribution is 5.81. The Bertz CT molecular complexity index is 313. The first-order valence-electron chi connectivity index (χ1n) is 6.92. The van der Waals surface area contributed by atoms with E-state index < -0.39 is 5.97 Å². The summed E-state index contributed by atoms with van der Waals surface area (Å²) in [6.07, 6.45) is 5.73. The summed E-state index contributed by atoms with van der Waals surface area (Å²) in [7, 11) is 0. The number of nitrogens with one attached hydrogen (secondary N) is 2. The van der Waals surface area contributed by atoms with Gasteiger partial charge >= 0.3 is 5.97 Å². The van der Waals surface area contributed by atoms with Crippen molar-refractivity contribution in [3.63, 3.8) is 0 Å². The van der Waals surface area contributed by atoms with E-state index in [1.54, 1.807) is 0 Å². The van der Waals surface area contributed by atoms with Crippen LogP contribution in [0.25, 0.3) is 0 Å². The summed E-state index contributed by atoms with van der Waals surface area (Å²) < 4.78 is 0. The maximum absolute atomic E-state index is 11.9. The molecule has 5 heteroatoms. The van der Waals surface area contributed by atoms with Crippen LogP contribution < -0.4 is 10.6 Å². The van der Waals surface area contributed by atoms with Crippen molar-refractivity contribution in [2.45, 2.75) is 44.6 Å². The van der Waals surface area contributed by atoms with Gasteiger partial charge in [-0.15, -0.1) is 0 Å². The molecule has 1 saturated carbocycles. The second-order valence-electron chi connectivity index (χ2n) is 5.38. The zero-order valence-corrected chi connectivity index (χ0v) is 10.7. The number of carbonyl (C=O) groups is 2. The smallest absolute Gasteiger partial charge is 0.306 e. The lowest BCUT2D eigenvalue weighted by molar-refractivity contribution is -0.143. The number of hydrogen-bond acceptors (Lipinski definition) is 3. The largest absolute Gasteiger partial charge is 0.481 e. The number of hydrogen-bond donors (Lipinski definition) is 3. The van der Waals surface area contributed by atoms with Crippen molar-refractivity contribution in [2.75, 3.05) is 13.1 Å². The summed E-state index contributed by atoms with van der Waals surface area (Å²) in [5.74, 6) is -0.854. The molecule has 1 aliphatic carbocycles. The van der Waals surface area contributed by atoms with E-state index in [4.69, 9.17) is 5.11 Å². The Balaban J connectivity index is 1.76. The molecule has 2 aliphatic rings. The molecule has 0 radical (unpaired) electrons. The Hall–Kier alpha value is -1.10. The summed E-state index contributed by atoms with van der Waals surface area (Å²) in [5.41, 5.74) is 0. The molecule has 2 rings (SSSR count). The van der Waals surface area contributed by atoms with Crippen LogP contribution in [0, 0.1) is 11.8 Å². The van der Waals surface area contributed by atoms with E-state index in [1.807, 2.05) is 0 Å². The fourth-order valence-electron chi connectivity index (χ4n) is 3.04. The van der Waals surface area contributed by atoms with Crippen molar-refractivity contribution in [3.05, 3.63) is 0 Å². The minimum absolute atomic E-state index is 0.0331. The highest BCUT2D eigenvalue weighted by Gasteiger charge is 2.33. The monoisotopic (exact) mass is 254 g/mol. The van der Waals surface area contributed by atoms with Gasteiger partial charge in [0, 0.05) is 6.54 Å². The topological polar surface area (TPSA) is 78.4 Å². The maximum Gasteiger partial charge on any atom is 0.306 e. The lowest BCUT2D eigenvalue weighted by atomic mass is 9.96. The summed E-state index contributed by atoms with van der Waals surface area (Å²) in [6, 6.07) is -0.0802. The second kappa shape index (κ2) is 6.18. The highest BCUT2D eigenvalue weighted by Crippen LogP contribution is 2.31. The van der Waals surface area contributed by atoms with Crippen LogP contribution in [-0.2, 0) is 9.59 Å². The number of carboxylic acid groups (broad SMARTS) is 1. The van der Waals surface area contributed by atoms with Crippen molar-refractivity contribution < 1.29 is 14.7 Å². The quantitative estimate of drug-likeness (QED) is 0.691. The molecule has 1 aliphatic heterocycles. The molecule has 1 amide bonds. The standard InChI is InChI=1S/C13H22N2O3/c16-12(11-6-1-2-7-14-11)15-8-9-4-3-5-10(9)13(17)18/h9-11,14H,1-8H2,(H,15,16)(H,17,18)/t9?,10?,11-/m1/s1. The number of carbonyl (C=O) groups excluding carboxylic acids is 1. The van der Waals surface area contributed by atoms with Gasteiger partial charge in [-0.3, -0.25) is 9.59 Å². The average molecular weight is 254 g/mol. The van der Waals surface area contributed by atoms with E-state index in [0.29, 0.717) is 6.54 Å². The van der Waals surface area contributed by atoms with Gasteiger partial charge in [-0.05, 0) is 38.1 Å². The van der Waals surface area contributed by atoms with E-state index in [-0.39, 0.29) is 23.8 Å². The molecule has 3 N–H and O–H groups in total. The highest BCUT2D eigenvalue weighted by atomic mass is 16.4. The van der Waals surface area contributed by atoms with Gasteiger partial charge in [0.05, 0.1) is 12.0 Å². The van der Waals surface area contributed by atoms with Crippen LogP contribution in [0.5, 0.6) is 0 Å². The average Bonchev–Trinajstić information content (AvgIpc) is 2.85. The Labute approximate surface area is 107 Å². The van der Waals surface area contributed by atoms with Crippen LogP contribution in [0.15, 0.2) is 0 Å². The molecular weight excluding hydrogens is 232 g/mol. The molecular formula is C13H22N2O3. The van der Waals surface area contributed by atoms with Gasteiger partial charge in [-0.2, -0.15) is 0 Å². The molecule has 102 valence electrons. The van der Waals surface area contributed by atoms with E-state index in [2.05, 4.69) is 10.6 Å². The zero-order valence-electron chi connectivity index (χ0n) is 10.7. The maximum atomic E-state index is 11.9. The van der Waals surface area contributed by atoms with E-state index >= 15 is 0 Å². The molecule has 2 fully saturated rings. The molecule has 0 bridgehead atoms. The molecule has 5 nitrogen and oxygen atoms in total. The third-order valence-electron chi connectivity index (χ3n) is 4.14. The fraction of sp³-hybridized carbons (Fsp3) is 0.846. The fourth-order valence-corrected chi connectivity index (χ4v) is 3.04. The van der Waals surface area contributed by atoms with Gasteiger partial charge in [0.2, 0.25) is 5.91 Å². The molecule has 0 spiro atoms. The molecule has 0 aromatic rings. The summed E-state index contributed by atoms with van der Waals surface area (Å²) in [6.45, 7) is 1.41. The van der Waals surface area contributed by atoms with E-state index in [9.17, 15) is 9.59 Å². The summed E-state index contributed by atoms with van der Waals surface area (Å²) in [5, 5.41) is 15.2. The Morgan fingerprint density at radius 2 is 2.00 bits per heavy atom. The lowest BCUT2D eigenvalue weighted by Crippen LogP contribution is -2.48. The minimum Gasteiger partial charge on any atom is -0.481 e. The summed E-state index contributed by atoms with van der Waals surface area (Å²) >= 11 is 0. The number of carboxylic acids is 1. The Kier molecular flexibility index (Phi) is 4.58. The van der Waals surface area contributed by atoms with Crippen LogP contribution in [0.4, 0.5) is 0 Å². The van der Waals surface area contributed by atoms with Crippen molar-refractivity contribution >= 4 is 11.9 Å². The van der Waals surface area contributed by atoms with Gasteiger partial charge in [-0.1, -0.05) is 12.8 Å². The van der Waals surface area contributed by atoms with Gasteiger partial charge in [-0.25, -0.2) is 0 Å². The molecule has 1 saturated heterocycles. The number of amides is 1. The van der Waals surface area contributed by atoms with Crippen LogP contribution in [0.3, 0.4) is 0 Å². The molecule has 18 heavy (non-hydrogen) atoms. The van der Waals surface area contributed by atoms with Crippen molar-refractivity contribution in [2.24, 2.45) is 11.8 Å². The van der Waals surface area contributed by atoms with Gasteiger partial charge in [0.15, 0.2) is 0 Å².